The number of carbonyl (C=O) groups is 3. The summed E-state index contributed by atoms with van der Waals surface area (Å²) in [6, 6.07) is 16.4. The van der Waals surface area contributed by atoms with Crippen LogP contribution < -0.4 is 0 Å². The molecule has 5 atom stereocenters. The van der Waals surface area contributed by atoms with Crippen LogP contribution in [-0.2, 0) is 38.0 Å². The first-order chi connectivity index (χ1) is 30.7. The van der Waals surface area contributed by atoms with Gasteiger partial charge in [-0.3, -0.25) is 14.4 Å². The van der Waals surface area contributed by atoms with Gasteiger partial charge in [0, 0.05) is 49.9 Å². The van der Waals surface area contributed by atoms with Crippen LogP contribution in [0.3, 0.4) is 0 Å². The number of benzene rings is 2. The maximum atomic E-state index is 13.0. The summed E-state index contributed by atoms with van der Waals surface area (Å²) >= 11 is 3.24. The molecule has 66 heavy (non-hydrogen) atoms. The van der Waals surface area contributed by atoms with E-state index in [4.69, 9.17) is 28.4 Å². The van der Waals surface area contributed by atoms with Crippen molar-refractivity contribution in [2.75, 3.05) is 14.2 Å². The second kappa shape index (κ2) is 27.3. The molecule has 2 fully saturated rings. The lowest BCUT2D eigenvalue weighted by Crippen LogP contribution is -2.21. The van der Waals surface area contributed by atoms with Crippen molar-refractivity contribution in [3.8, 4) is 0 Å². The third-order valence-corrected chi connectivity index (χ3v) is 14.0. The number of ether oxygens (including phenoxy) is 6. The average molecular weight is 951 g/mol. The lowest BCUT2D eigenvalue weighted by molar-refractivity contribution is -0.145. The molecule has 0 radical (unpaired) electrons. The zero-order valence-corrected chi connectivity index (χ0v) is 40.8. The Morgan fingerprint density at radius 1 is 0.652 bits per heavy atom. The highest BCUT2D eigenvalue weighted by atomic mass is 32.1. The molecule has 1 N–H and O–H groups in total. The van der Waals surface area contributed by atoms with Crippen molar-refractivity contribution in [1.82, 2.24) is 0 Å². The molecule has 0 saturated carbocycles. The van der Waals surface area contributed by atoms with E-state index >= 15 is 0 Å². The summed E-state index contributed by atoms with van der Waals surface area (Å²) in [5, 5.41) is 13.2. The lowest BCUT2D eigenvalue weighted by atomic mass is 10.0. The zero-order chi connectivity index (χ0) is 46.3. The number of hydrogen-bond acceptors (Lipinski definition) is 12. The van der Waals surface area contributed by atoms with Crippen molar-refractivity contribution in [2.45, 2.75) is 188 Å². The Hall–Kier alpha value is -3.75. The fraction of sp³-hybridized carbons (Fsp3) is 0.574. The van der Waals surface area contributed by atoms with E-state index < -0.39 is 17.7 Å². The SMILES string of the molecule is C.C.CCCCCC(=O)c1sc2ccccc2c1/C=C/[C@H]1OC(C)(C)O[C@H]1CCCC(=O)OC.CCCCC[C@@H](O)c1sc2ccccc2c1/C=C/[C@H]1OC(C)(C)O[C@H]1CCCC(=O)OC. The van der Waals surface area contributed by atoms with E-state index in [1.54, 1.807) is 22.7 Å². The number of aliphatic hydroxyl groups excluding tert-OH is 1. The third kappa shape index (κ3) is 16.2. The molecule has 6 rings (SSSR count). The van der Waals surface area contributed by atoms with Gasteiger partial charge < -0.3 is 33.5 Å². The minimum Gasteiger partial charge on any atom is -0.469 e. The predicted molar refractivity (Wildman–Crippen MR) is 272 cm³/mol. The van der Waals surface area contributed by atoms with Gasteiger partial charge in [-0.1, -0.05) is 122 Å². The van der Waals surface area contributed by atoms with Crippen molar-refractivity contribution >= 4 is 72.7 Å². The van der Waals surface area contributed by atoms with Crippen molar-refractivity contribution in [1.29, 1.82) is 0 Å². The van der Waals surface area contributed by atoms with Crippen LogP contribution in [0.1, 0.15) is 178 Å². The van der Waals surface area contributed by atoms with Crippen LogP contribution in [-0.4, -0.2) is 73.0 Å². The summed E-state index contributed by atoms with van der Waals surface area (Å²) in [5.41, 5.74) is 2.03. The van der Waals surface area contributed by atoms with Gasteiger partial charge in [-0.25, -0.2) is 0 Å². The van der Waals surface area contributed by atoms with Gasteiger partial charge in [0.1, 0.15) is 12.2 Å². The summed E-state index contributed by atoms with van der Waals surface area (Å²) in [4.78, 5) is 37.7. The summed E-state index contributed by atoms with van der Waals surface area (Å²) in [7, 11) is 2.81. The van der Waals surface area contributed by atoms with Gasteiger partial charge >= 0.3 is 11.9 Å². The Labute approximate surface area is 403 Å². The van der Waals surface area contributed by atoms with Crippen LogP contribution in [0.5, 0.6) is 0 Å². The largest absolute Gasteiger partial charge is 0.469 e. The van der Waals surface area contributed by atoms with Crippen molar-refractivity contribution in [3.63, 3.8) is 0 Å². The van der Waals surface area contributed by atoms with E-state index in [0.717, 1.165) is 81.3 Å². The van der Waals surface area contributed by atoms with Crippen LogP contribution in [0.4, 0.5) is 0 Å². The fourth-order valence-corrected chi connectivity index (χ4v) is 10.7. The normalized spacial score (nSPS) is 20.2. The predicted octanol–water partition coefficient (Wildman–Crippen LogP) is 14.2. The maximum Gasteiger partial charge on any atom is 0.305 e. The van der Waals surface area contributed by atoms with Crippen LogP contribution in [0, 0.1) is 0 Å². The maximum absolute atomic E-state index is 13.0. The quantitative estimate of drug-likeness (QED) is 0.0462. The van der Waals surface area contributed by atoms with E-state index in [1.807, 2.05) is 70.2 Å². The third-order valence-electron chi connectivity index (χ3n) is 11.5. The highest BCUT2D eigenvalue weighted by Gasteiger charge is 2.41. The number of esters is 2. The summed E-state index contributed by atoms with van der Waals surface area (Å²) in [6.07, 6.45) is 18.2. The summed E-state index contributed by atoms with van der Waals surface area (Å²) < 4.78 is 36.2. The van der Waals surface area contributed by atoms with Gasteiger partial charge in [0.05, 0.1) is 37.4 Å². The number of aliphatic hydroxyl groups is 1. The highest BCUT2D eigenvalue weighted by molar-refractivity contribution is 7.21. The first-order valence-electron chi connectivity index (χ1n) is 23.1. The van der Waals surface area contributed by atoms with Crippen LogP contribution >= 0.6 is 22.7 Å². The molecular weight excluding hydrogens is 873 g/mol. The molecule has 12 heteroatoms. The smallest absolute Gasteiger partial charge is 0.305 e. The average Bonchev–Trinajstić information content (AvgIpc) is 4.00. The molecule has 2 aliphatic heterocycles. The Morgan fingerprint density at radius 3 is 1.64 bits per heavy atom. The summed E-state index contributed by atoms with van der Waals surface area (Å²) in [5.74, 6) is -1.59. The lowest BCUT2D eigenvalue weighted by Gasteiger charge is -2.16. The molecule has 2 saturated heterocycles. The topological polar surface area (TPSA) is 127 Å². The van der Waals surface area contributed by atoms with Gasteiger partial charge in [-0.05, 0) is 83.9 Å². The number of rotatable bonds is 22. The Morgan fingerprint density at radius 2 is 1.12 bits per heavy atom. The minimum atomic E-state index is -0.694. The van der Waals surface area contributed by atoms with Crippen molar-refractivity contribution in [3.05, 3.63) is 81.6 Å². The minimum absolute atomic E-state index is 0. The molecule has 10 nitrogen and oxygen atoms in total. The van der Waals surface area contributed by atoms with Crippen molar-refractivity contribution in [2.24, 2.45) is 0 Å². The second-order valence-corrected chi connectivity index (χ2v) is 19.7. The number of methoxy groups -OCH3 is 2. The van der Waals surface area contributed by atoms with E-state index in [2.05, 4.69) is 44.2 Å². The number of carbonyl (C=O) groups excluding carboxylic acids is 3. The first-order valence-corrected chi connectivity index (χ1v) is 24.8. The second-order valence-electron chi connectivity index (χ2n) is 17.5. The molecule has 4 aromatic rings. The number of thiophene rings is 2. The Bertz CT molecular complexity index is 2180. The monoisotopic (exact) mass is 951 g/mol. The van der Waals surface area contributed by atoms with Crippen LogP contribution in [0.15, 0.2) is 60.7 Å². The molecule has 0 spiro atoms. The Kier molecular flexibility index (Phi) is 23.4. The number of fused-ring (bicyclic) bond motifs is 2. The van der Waals surface area contributed by atoms with E-state index in [-0.39, 0.29) is 57.0 Å². The molecule has 0 unspecified atom stereocenters. The van der Waals surface area contributed by atoms with E-state index in [1.165, 1.54) is 18.9 Å². The number of unbranched alkanes of at least 4 members (excludes halogenated alkanes) is 4. The van der Waals surface area contributed by atoms with E-state index in [0.29, 0.717) is 44.9 Å². The zero-order valence-electron chi connectivity index (χ0n) is 39.2. The number of Topliss-reactive ketones (excluding diaryl/α,β-unsaturated/α-hetero) is 1. The van der Waals surface area contributed by atoms with Gasteiger partial charge in [-0.15, -0.1) is 22.7 Å². The van der Waals surface area contributed by atoms with Crippen LogP contribution in [0.2, 0.25) is 0 Å². The molecule has 2 aliphatic rings. The van der Waals surface area contributed by atoms with Gasteiger partial charge in [-0.2, -0.15) is 0 Å². The molecular formula is C54H78O10S2. The molecule has 0 bridgehead atoms. The highest BCUT2D eigenvalue weighted by Crippen LogP contribution is 2.40. The Balaban J connectivity index is 0.000000340. The van der Waals surface area contributed by atoms with Gasteiger partial charge in [0.2, 0.25) is 0 Å². The summed E-state index contributed by atoms with van der Waals surface area (Å²) in [6.45, 7) is 11.9. The molecule has 366 valence electrons. The molecule has 0 amide bonds. The van der Waals surface area contributed by atoms with Crippen molar-refractivity contribution < 1.29 is 47.9 Å². The molecule has 2 aromatic heterocycles. The van der Waals surface area contributed by atoms with Gasteiger partial charge in [0.15, 0.2) is 17.4 Å². The number of ketones is 1. The number of hydrogen-bond donors (Lipinski definition) is 1. The first kappa shape index (κ1) is 56.6. The molecule has 2 aromatic carbocycles. The van der Waals surface area contributed by atoms with E-state index in [9.17, 15) is 19.5 Å². The molecule has 4 heterocycles. The van der Waals surface area contributed by atoms with Gasteiger partial charge in [0.25, 0.3) is 0 Å². The van der Waals surface area contributed by atoms with Crippen LogP contribution in [0.25, 0.3) is 32.3 Å². The standard InChI is InChI=1S/C26H36O5S.C26H34O5S.2CH4/c2*1-5-6-7-12-20(27)25-19(18-11-8-9-14-23(18)32-25)16-17-22-21(30-26(2,3)31-22)13-10-15-24(28)29-4;;/h8-9,11,14,16-17,20-22,27H,5-7,10,12-13,15H2,1-4H3;8-9,11,14,16-17,21-22H,5-7,10,12-13,15H2,1-4H3;2*1H4/b2*17-16+;;/t20-,21+,22-;21-,22+;;/m10../s1. The molecule has 0 aliphatic carbocycles. The fourth-order valence-electron chi connectivity index (χ4n) is 8.29.